The van der Waals surface area contributed by atoms with Crippen LogP contribution in [0.4, 0.5) is 23.0 Å². The second-order valence-corrected chi connectivity index (χ2v) is 6.22. The summed E-state index contributed by atoms with van der Waals surface area (Å²) in [5, 5.41) is 14.6. The second kappa shape index (κ2) is 6.61. The first kappa shape index (κ1) is 16.3. The number of para-hydroxylation sites is 1. The molecule has 0 spiro atoms. The first-order valence-electron chi connectivity index (χ1n) is 7.97. The molecule has 0 fully saturated rings. The third kappa shape index (κ3) is 3.04. The Hall–Kier alpha value is -3.19. The number of nitrogens with zero attached hydrogens (tertiary/aromatic N) is 4. The van der Waals surface area contributed by atoms with Gasteiger partial charge in [0.15, 0.2) is 11.6 Å². The van der Waals surface area contributed by atoms with Gasteiger partial charge in [-0.2, -0.15) is 0 Å². The van der Waals surface area contributed by atoms with Crippen LogP contribution in [0.3, 0.4) is 0 Å². The molecular weight excluding hydrogens is 352 g/mol. The summed E-state index contributed by atoms with van der Waals surface area (Å²) in [4.78, 5) is 8.94. The van der Waals surface area contributed by atoms with E-state index in [0.29, 0.717) is 33.6 Å². The van der Waals surface area contributed by atoms with E-state index in [1.807, 2.05) is 37.3 Å². The highest BCUT2D eigenvalue weighted by Crippen LogP contribution is 2.31. The zero-order chi connectivity index (χ0) is 18.1. The van der Waals surface area contributed by atoms with Crippen LogP contribution in [0.1, 0.15) is 11.1 Å². The van der Waals surface area contributed by atoms with E-state index < -0.39 is 0 Å². The average molecular weight is 367 g/mol. The number of halogens is 1. The molecule has 2 heterocycles. The number of rotatable bonds is 4. The Balaban J connectivity index is 1.79. The summed E-state index contributed by atoms with van der Waals surface area (Å²) in [6.45, 7) is 4.10. The van der Waals surface area contributed by atoms with E-state index in [2.05, 4.69) is 43.9 Å². The quantitative estimate of drug-likeness (QED) is 0.537. The van der Waals surface area contributed by atoms with Gasteiger partial charge in [-0.15, -0.1) is 0 Å². The molecule has 0 radical (unpaired) electrons. The van der Waals surface area contributed by atoms with Gasteiger partial charge < -0.3 is 10.6 Å². The summed E-state index contributed by atoms with van der Waals surface area (Å²) in [6.07, 6.45) is 0. The fraction of sp³-hybridized carbons (Fsp3) is 0.111. The molecule has 0 saturated heterocycles. The molecule has 4 rings (SSSR count). The van der Waals surface area contributed by atoms with Gasteiger partial charge in [-0.25, -0.2) is 14.6 Å². The van der Waals surface area contributed by atoms with Gasteiger partial charge in [0.1, 0.15) is 0 Å². The molecule has 0 amide bonds. The van der Waals surface area contributed by atoms with Gasteiger partial charge in [0, 0.05) is 5.69 Å². The van der Waals surface area contributed by atoms with Gasteiger partial charge in [-0.05, 0) is 53.5 Å². The van der Waals surface area contributed by atoms with Crippen molar-refractivity contribution >= 4 is 45.9 Å². The van der Waals surface area contributed by atoms with Crippen molar-refractivity contribution in [1.82, 2.24) is 20.3 Å². The van der Waals surface area contributed by atoms with Gasteiger partial charge >= 0.3 is 0 Å². The monoisotopic (exact) mass is 366 g/mol. The summed E-state index contributed by atoms with van der Waals surface area (Å²) in [5.41, 5.74) is 4.57. The molecule has 2 N–H and O–H groups in total. The van der Waals surface area contributed by atoms with Crippen LogP contribution in [0.25, 0.3) is 11.3 Å². The molecule has 4 aromatic rings. The molecule has 0 saturated carbocycles. The Morgan fingerprint density at radius 2 is 1.42 bits per heavy atom. The van der Waals surface area contributed by atoms with E-state index in [4.69, 9.17) is 16.2 Å². The lowest BCUT2D eigenvalue weighted by Gasteiger charge is -2.14. The van der Waals surface area contributed by atoms with Crippen LogP contribution in [0.15, 0.2) is 47.1 Å². The predicted octanol–water partition coefficient (Wildman–Crippen LogP) is 4.77. The van der Waals surface area contributed by atoms with E-state index in [1.165, 1.54) is 5.56 Å². The van der Waals surface area contributed by atoms with Crippen molar-refractivity contribution in [2.75, 3.05) is 10.6 Å². The Morgan fingerprint density at radius 3 is 2.12 bits per heavy atom. The van der Waals surface area contributed by atoms with Crippen LogP contribution in [0.5, 0.6) is 0 Å². The zero-order valence-corrected chi connectivity index (χ0v) is 14.9. The molecule has 2 aromatic carbocycles. The highest BCUT2D eigenvalue weighted by molar-refractivity contribution is 6.33. The topological polar surface area (TPSA) is 88.8 Å². The van der Waals surface area contributed by atoms with E-state index >= 15 is 0 Å². The van der Waals surface area contributed by atoms with Gasteiger partial charge in [-0.1, -0.05) is 35.9 Å². The Bertz CT molecular complexity index is 1090. The van der Waals surface area contributed by atoms with Crippen molar-refractivity contribution in [3.63, 3.8) is 0 Å². The Kier molecular flexibility index (Phi) is 4.14. The number of fused-ring (bicyclic) bond motifs is 1. The molecular formula is C18H15ClN6O. The molecule has 0 unspecified atom stereocenters. The van der Waals surface area contributed by atoms with E-state index in [0.717, 1.165) is 11.3 Å². The summed E-state index contributed by atoms with van der Waals surface area (Å²) < 4.78 is 4.74. The average Bonchev–Trinajstić information content (AvgIpc) is 3.08. The van der Waals surface area contributed by atoms with Crippen LogP contribution in [-0.4, -0.2) is 20.3 Å². The summed E-state index contributed by atoms with van der Waals surface area (Å²) in [6, 6.07) is 13.4. The van der Waals surface area contributed by atoms with E-state index in [1.54, 1.807) is 6.07 Å². The Labute approximate surface area is 154 Å². The number of hydrogen-bond donors (Lipinski definition) is 2. The lowest BCUT2D eigenvalue weighted by molar-refractivity contribution is 0.314. The molecule has 2 aromatic heterocycles. The molecule has 0 atom stereocenters. The number of nitrogens with one attached hydrogen (secondary N) is 2. The summed E-state index contributed by atoms with van der Waals surface area (Å²) in [7, 11) is 0. The van der Waals surface area contributed by atoms with Crippen LogP contribution in [0, 0.1) is 13.8 Å². The summed E-state index contributed by atoms with van der Waals surface area (Å²) >= 11 is 6.25. The largest absolute Gasteiger partial charge is 0.337 e. The highest BCUT2D eigenvalue weighted by Gasteiger charge is 2.15. The second-order valence-electron chi connectivity index (χ2n) is 5.81. The minimum atomic E-state index is 0.311. The number of hydrogen-bond acceptors (Lipinski definition) is 7. The molecule has 0 aliphatic heterocycles. The van der Waals surface area contributed by atoms with Gasteiger partial charge in [0.05, 0.1) is 10.7 Å². The van der Waals surface area contributed by atoms with Crippen LogP contribution in [-0.2, 0) is 0 Å². The highest BCUT2D eigenvalue weighted by atomic mass is 35.5. The van der Waals surface area contributed by atoms with E-state index in [-0.39, 0.29) is 0 Å². The van der Waals surface area contributed by atoms with Crippen molar-refractivity contribution in [3.8, 4) is 0 Å². The molecule has 26 heavy (non-hydrogen) atoms. The first-order valence-corrected chi connectivity index (χ1v) is 8.35. The van der Waals surface area contributed by atoms with Crippen molar-refractivity contribution in [2.24, 2.45) is 0 Å². The van der Waals surface area contributed by atoms with Crippen molar-refractivity contribution in [2.45, 2.75) is 13.8 Å². The third-order valence-corrected chi connectivity index (χ3v) is 4.43. The molecule has 0 aliphatic rings. The maximum Gasteiger partial charge on any atom is 0.245 e. The minimum Gasteiger partial charge on any atom is -0.337 e. The maximum absolute atomic E-state index is 6.25. The molecule has 7 nitrogen and oxygen atoms in total. The number of aryl methyl sites for hydroxylation is 1. The predicted molar refractivity (Wildman–Crippen MR) is 101 cm³/mol. The van der Waals surface area contributed by atoms with Crippen molar-refractivity contribution < 1.29 is 4.63 Å². The van der Waals surface area contributed by atoms with Crippen molar-refractivity contribution in [1.29, 1.82) is 0 Å². The van der Waals surface area contributed by atoms with Gasteiger partial charge in [0.2, 0.25) is 11.3 Å². The lowest BCUT2D eigenvalue weighted by atomic mass is 10.1. The van der Waals surface area contributed by atoms with Crippen molar-refractivity contribution in [3.05, 3.63) is 58.6 Å². The number of anilines is 4. The Morgan fingerprint density at radius 1 is 0.808 bits per heavy atom. The first-order chi connectivity index (χ1) is 12.6. The van der Waals surface area contributed by atoms with Gasteiger partial charge in [-0.3, -0.25) is 0 Å². The SMILES string of the molecule is Cc1cccc(Nc2nc3nonc3nc2Nc2ccccc2Cl)c1C. The number of aromatic nitrogens is 4. The maximum atomic E-state index is 6.25. The van der Waals surface area contributed by atoms with Gasteiger partial charge in [0.25, 0.3) is 0 Å². The summed E-state index contributed by atoms with van der Waals surface area (Å²) in [5.74, 6) is 0.976. The van der Waals surface area contributed by atoms with E-state index in [9.17, 15) is 0 Å². The normalized spacial score (nSPS) is 10.9. The standard InChI is InChI=1S/C18H15ClN6O/c1-10-6-5-9-13(11(10)2)20-15-16(21-14-8-4-3-7-12(14)19)23-18-17(22-15)24-26-25-18/h3-9H,1-2H3,(H,20,22,24)(H,21,23,25). The molecule has 130 valence electrons. The van der Waals surface area contributed by atoms with Crippen LogP contribution < -0.4 is 10.6 Å². The number of benzene rings is 2. The fourth-order valence-electron chi connectivity index (χ4n) is 2.52. The van der Waals surface area contributed by atoms with Crippen LogP contribution in [0.2, 0.25) is 5.02 Å². The third-order valence-electron chi connectivity index (χ3n) is 4.10. The molecule has 0 aliphatic carbocycles. The van der Waals surface area contributed by atoms with Crippen LogP contribution >= 0.6 is 11.6 Å². The zero-order valence-electron chi connectivity index (χ0n) is 14.1. The lowest BCUT2D eigenvalue weighted by Crippen LogP contribution is -2.04. The molecule has 8 heteroatoms. The minimum absolute atomic E-state index is 0.311. The fourth-order valence-corrected chi connectivity index (χ4v) is 2.70. The molecule has 0 bridgehead atoms. The smallest absolute Gasteiger partial charge is 0.245 e.